The molecule has 0 radical (unpaired) electrons. The van der Waals surface area contributed by atoms with Gasteiger partial charge in [-0.25, -0.2) is 9.59 Å². The lowest BCUT2D eigenvalue weighted by molar-refractivity contribution is -0.130. The summed E-state index contributed by atoms with van der Waals surface area (Å²) < 4.78 is 10.3. The Hall–Kier alpha value is -3.54. The highest BCUT2D eigenvalue weighted by molar-refractivity contribution is 5.90. The number of rotatable bonds is 5. The molecule has 26 heavy (non-hydrogen) atoms. The smallest absolute Gasteiger partial charge is 0.338 e. The highest BCUT2D eigenvalue weighted by Crippen LogP contribution is 2.32. The van der Waals surface area contributed by atoms with Gasteiger partial charge in [-0.1, -0.05) is 25.3 Å². The Kier molecular flexibility index (Phi) is 5.47. The molecule has 0 atom stereocenters. The predicted octanol–water partition coefficient (Wildman–Crippen LogP) is 3.48. The van der Waals surface area contributed by atoms with Crippen LogP contribution in [0.3, 0.4) is 0 Å². The second-order valence-corrected chi connectivity index (χ2v) is 5.84. The van der Waals surface area contributed by atoms with Crippen LogP contribution in [0, 0.1) is 0 Å². The number of benzene rings is 2. The van der Waals surface area contributed by atoms with E-state index in [1.807, 2.05) is 0 Å². The lowest BCUT2D eigenvalue weighted by Gasteiger charge is -2.11. The number of nitrogen functional groups attached to an aromatic ring is 2. The lowest BCUT2D eigenvalue weighted by Crippen LogP contribution is -2.10. The molecule has 0 unspecified atom stereocenters. The van der Waals surface area contributed by atoms with Gasteiger partial charge in [0.25, 0.3) is 0 Å². The Morgan fingerprint density at radius 3 is 1.38 bits per heavy atom. The minimum Gasteiger partial charge on any atom is -0.421 e. The zero-order valence-corrected chi connectivity index (χ0v) is 14.7. The van der Waals surface area contributed by atoms with Crippen molar-refractivity contribution in [3.8, 4) is 22.6 Å². The first kappa shape index (κ1) is 18.8. The molecule has 4 N–H and O–H groups in total. The number of hydrogen-bond donors (Lipinski definition) is 2. The SMILES string of the molecule is C=C(C)C(=O)Oc1ccc(-c2ccc(OC(=O)C(=C)C)c(N)c2)cc1N. The fourth-order valence-electron chi connectivity index (χ4n) is 2.02. The van der Waals surface area contributed by atoms with E-state index < -0.39 is 11.9 Å². The van der Waals surface area contributed by atoms with Gasteiger partial charge < -0.3 is 20.9 Å². The molecule has 0 aliphatic carbocycles. The highest BCUT2D eigenvalue weighted by atomic mass is 16.5. The molecule has 6 heteroatoms. The molecular formula is C20H20N2O4. The number of hydrogen-bond acceptors (Lipinski definition) is 6. The van der Waals surface area contributed by atoms with Gasteiger partial charge in [-0.15, -0.1) is 0 Å². The van der Waals surface area contributed by atoms with Crippen LogP contribution in [0.25, 0.3) is 11.1 Å². The van der Waals surface area contributed by atoms with Gasteiger partial charge in [0.05, 0.1) is 11.4 Å². The van der Waals surface area contributed by atoms with Gasteiger partial charge >= 0.3 is 11.9 Å². The molecule has 0 aliphatic rings. The average molecular weight is 352 g/mol. The predicted molar refractivity (Wildman–Crippen MR) is 102 cm³/mol. The van der Waals surface area contributed by atoms with Gasteiger partial charge in [-0.2, -0.15) is 0 Å². The summed E-state index contributed by atoms with van der Waals surface area (Å²) in [7, 11) is 0. The van der Waals surface area contributed by atoms with E-state index in [0.717, 1.165) is 11.1 Å². The van der Waals surface area contributed by atoms with Crippen LogP contribution >= 0.6 is 0 Å². The Morgan fingerprint density at radius 2 is 1.12 bits per heavy atom. The minimum absolute atomic E-state index is 0.252. The summed E-state index contributed by atoms with van der Waals surface area (Å²) in [6.45, 7) is 10.2. The standard InChI is InChI=1S/C20H20N2O4/c1-11(2)19(23)25-17-7-5-13(9-15(17)21)14-6-8-18(16(22)10-14)26-20(24)12(3)4/h5-10H,1,3,21-22H2,2,4H3. The topological polar surface area (TPSA) is 105 Å². The Balaban J connectivity index is 2.26. The van der Waals surface area contributed by atoms with Gasteiger partial charge in [0.1, 0.15) is 0 Å². The molecule has 0 bridgehead atoms. The summed E-state index contributed by atoms with van der Waals surface area (Å²) in [5.41, 5.74) is 14.6. The van der Waals surface area contributed by atoms with E-state index >= 15 is 0 Å². The molecule has 134 valence electrons. The van der Waals surface area contributed by atoms with Crippen LogP contribution in [0.15, 0.2) is 60.7 Å². The molecular weight excluding hydrogens is 332 g/mol. The van der Waals surface area contributed by atoms with E-state index in [-0.39, 0.29) is 22.6 Å². The molecule has 0 heterocycles. The molecule has 0 aromatic heterocycles. The Bertz CT molecular complexity index is 841. The molecule has 0 amide bonds. The molecule has 6 nitrogen and oxygen atoms in total. The first-order valence-electron chi connectivity index (χ1n) is 7.74. The average Bonchev–Trinajstić information content (AvgIpc) is 2.58. The van der Waals surface area contributed by atoms with Crippen LogP contribution in [-0.4, -0.2) is 11.9 Å². The van der Waals surface area contributed by atoms with Gasteiger partial charge in [-0.05, 0) is 49.2 Å². The monoisotopic (exact) mass is 352 g/mol. The van der Waals surface area contributed by atoms with E-state index in [2.05, 4.69) is 13.2 Å². The number of esters is 2. The van der Waals surface area contributed by atoms with Crippen molar-refractivity contribution >= 4 is 23.3 Å². The summed E-state index contributed by atoms with van der Waals surface area (Å²) in [6.07, 6.45) is 0. The van der Waals surface area contributed by atoms with Crippen molar-refractivity contribution in [2.45, 2.75) is 13.8 Å². The maximum absolute atomic E-state index is 11.6. The summed E-state index contributed by atoms with van der Waals surface area (Å²) in [5, 5.41) is 0. The van der Waals surface area contributed by atoms with Crippen molar-refractivity contribution in [3.05, 3.63) is 60.7 Å². The molecule has 2 aromatic carbocycles. The van der Waals surface area contributed by atoms with Crippen LogP contribution in [0.2, 0.25) is 0 Å². The van der Waals surface area contributed by atoms with Gasteiger partial charge in [0.15, 0.2) is 11.5 Å². The second-order valence-electron chi connectivity index (χ2n) is 5.84. The van der Waals surface area contributed by atoms with Crippen molar-refractivity contribution in [1.82, 2.24) is 0 Å². The van der Waals surface area contributed by atoms with Gasteiger partial charge in [0, 0.05) is 11.1 Å². The van der Waals surface area contributed by atoms with Crippen molar-refractivity contribution < 1.29 is 19.1 Å². The molecule has 0 saturated carbocycles. The molecule has 0 saturated heterocycles. The summed E-state index contributed by atoms with van der Waals surface area (Å²) in [6, 6.07) is 10.00. The third-order valence-corrected chi connectivity index (χ3v) is 3.46. The first-order chi connectivity index (χ1) is 12.2. The van der Waals surface area contributed by atoms with E-state index in [9.17, 15) is 9.59 Å². The summed E-state index contributed by atoms with van der Waals surface area (Å²) in [5.74, 6) is -0.585. The number of carbonyl (C=O) groups excluding carboxylic acids is 2. The van der Waals surface area contributed by atoms with E-state index in [1.165, 1.54) is 0 Å². The molecule has 0 aliphatic heterocycles. The van der Waals surface area contributed by atoms with Crippen molar-refractivity contribution in [1.29, 1.82) is 0 Å². The van der Waals surface area contributed by atoms with Crippen LogP contribution in [0.5, 0.6) is 11.5 Å². The fourth-order valence-corrected chi connectivity index (χ4v) is 2.02. The van der Waals surface area contributed by atoms with E-state index in [4.69, 9.17) is 20.9 Å². The third-order valence-electron chi connectivity index (χ3n) is 3.46. The molecule has 2 rings (SSSR count). The zero-order valence-electron chi connectivity index (χ0n) is 14.7. The van der Waals surface area contributed by atoms with Gasteiger partial charge in [0.2, 0.25) is 0 Å². The maximum atomic E-state index is 11.6. The Morgan fingerprint density at radius 1 is 0.769 bits per heavy atom. The first-order valence-corrected chi connectivity index (χ1v) is 7.74. The quantitative estimate of drug-likeness (QED) is 0.369. The van der Waals surface area contributed by atoms with Gasteiger partial charge in [-0.3, -0.25) is 0 Å². The van der Waals surface area contributed by atoms with Crippen LogP contribution in [-0.2, 0) is 9.59 Å². The number of carbonyl (C=O) groups is 2. The maximum Gasteiger partial charge on any atom is 0.338 e. The molecule has 0 fully saturated rings. The third kappa shape index (κ3) is 4.30. The van der Waals surface area contributed by atoms with Crippen molar-refractivity contribution in [3.63, 3.8) is 0 Å². The van der Waals surface area contributed by atoms with Crippen molar-refractivity contribution in [2.24, 2.45) is 0 Å². The van der Waals surface area contributed by atoms with Crippen LogP contribution < -0.4 is 20.9 Å². The second kappa shape index (κ2) is 7.57. The van der Waals surface area contributed by atoms with Crippen molar-refractivity contribution in [2.75, 3.05) is 11.5 Å². The lowest BCUT2D eigenvalue weighted by atomic mass is 10.0. The zero-order chi connectivity index (χ0) is 19.4. The molecule has 2 aromatic rings. The molecule has 0 spiro atoms. The normalized spacial score (nSPS) is 10.1. The minimum atomic E-state index is -0.544. The van der Waals surface area contributed by atoms with Crippen LogP contribution in [0.4, 0.5) is 11.4 Å². The summed E-state index contributed by atoms with van der Waals surface area (Å²) >= 11 is 0. The largest absolute Gasteiger partial charge is 0.421 e. The summed E-state index contributed by atoms with van der Waals surface area (Å²) in [4.78, 5) is 23.2. The van der Waals surface area contributed by atoms with Crippen LogP contribution in [0.1, 0.15) is 13.8 Å². The highest BCUT2D eigenvalue weighted by Gasteiger charge is 2.12. The van der Waals surface area contributed by atoms with E-state index in [0.29, 0.717) is 11.4 Å². The number of anilines is 2. The fraction of sp³-hybridized carbons (Fsp3) is 0.100. The number of ether oxygens (including phenoxy) is 2. The number of nitrogens with two attached hydrogens (primary N) is 2. The van der Waals surface area contributed by atoms with E-state index in [1.54, 1.807) is 50.2 Å². The Labute approximate surface area is 151 Å².